The topological polar surface area (TPSA) is 67.6 Å². The molecule has 0 saturated carbocycles. The zero-order valence-electron chi connectivity index (χ0n) is 12.6. The maximum absolute atomic E-state index is 12.0. The van der Waals surface area contributed by atoms with Crippen molar-refractivity contribution in [3.63, 3.8) is 0 Å². The lowest BCUT2D eigenvalue weighted by atomic mass is 9.97. The predicted octanol–water partition coefficient (Wildman–Crippen LogP) is 1.77. The van der Waals surface area contributed by atoms with E-state index in [9.17, 15) is 4.79 Å². The van der Waals surface area contributed by atoms with Gasteiger partial charge in [-0.2, -0.15) is 0 Å². The summed E-state index contributed by atoms with van der Waals surface area (Å²) in [4.78, 5) is 14.1. The number of ether oxygens (including phenoxy) is 1. The molecule has 1 fully saturated rings. The van der Waals surface area contributed by atoms with E-state index in [-0.39, 0.29) is 12.0 Å². The molecule has 20 heavy (non-hydrogen) atoms. The standard InChI is InChI=1S/C15H23N3O2/c1-10(2)20-12-7-5-6-11(13(12)16)18-9-8-17-14(19)15(18,3)4/h5-7,10H,8-9,16H2,1-4H3,(H,17,19). The van der Waals surface area contributed by atoms with Crippen LogP contribution in [0.15, 0.2) is 18.2 Å². The van der Waals surface area contributed by atoms with E-state index in [0.717, 1.165) is 12.2 Å². The molecular weight excluding hydrogens is 254 g/mol. The molecular formula is C15H23N3O2. The van der Waals surface area contributed by atoms with Crippen molar-refractivity contribution in [2.75, 3.05) is 23.7 Å². The van der Waals surface area contributed by atoms with Crippen LogP contribution >= 0.6 is 0 Å². The first-order chi connectivity index (χ1) is 9.34. The van der Waals surface area contributed by atoms with Crippen molar-refractivity contribution < 1.29 is 9.53 Å². The fourth-order valence-electron chi connectivity index (χ4n) is 2.45. The van der Waals surface area contributed by atoms with Crippen LogP contribution < -0.4 is 20.7 Å². The first-order valence-corrected chi connectivity index (χ1v) is 6.95. The van der Waals surface area contributed by atoms with Crippen LogP contribution in [0.4, 0.5) is 11.4 Å². The molecule has 1 aromatic carbocycles. The molecule has 0 atom stereocenters. The third kappa shape index (κ3) is 2.53. The van der Waals surface area contributed by atoms with Gasteiger partial charge in [-0.1, -0.05) is 6.07 Å². The molecule has 1 aliphatic heterocycles. The molecule has 1 aliphatic rings. The summed E-state index contributed by atoms with van der Waals surface area (Å²) in [5.74, 6) is 0.678. The summed E-state index contributed by atoms with van der Waals surface area (Å²) in [6.07, 6.45) is 0.0604. The third-order valence-electron chi connectivity index (χ3n) is 3.55. The Balaban J connectivity index is 2.39. The number of nitrogen functional groups attached to an aromatic ring is 1. The van der Waals surface area contributed by atoms with E-state index in [1.165, 1.54) is 0 Å². The Labute approximate surface area is 120 Å². The van der Waals surface area contributed by atoms with Crippen LogP contribution in [0.25, 0.3) is 0 Å². The van der Waals surface area contributed by atoms with E-state index in [0.29, 0.717) is 18.0 Å². The van der Waals surface area contributed by atoms with Gasteiger partial charge in [0.05, 0.1) is 17.5 Å². The molecule has 3 N–H and O–H groups in total. The quantitative estimate of drug-likeness (QED) is 0.826. The van der Waals surface area contributed by atoms with E-state index >= 15 is 0 Å². The lowest BCUT2D eigenvalue weighted by molar-refractivity contribution is -0.126. The molecule has 1 amide bonds. The van der Waals surface area contributed by atoms with Gasteiger partial charge in [0, 0.05) is 13.1 Å². The lowest BCUT2D eigenvalue weighted by Gasteiger charge is -2.43. The van der Waals surface area contributed by atoms with Crippen LogP contribution in [0.3, 0.4) is 0 Å². The van der Waals surface area contributed by atoms with E-state index in [1.807, 2.05) is 50.8 Å². The molecule has 1 heterocycles. The fourth-order valence-corrected chi connectivity index (χ4v) is 2.45. The highest BCUT2D eigenvalue weighted by molar-refractivity contribution is 5.92. The highest BCUT2D eigenvalue weighted by atomic mass is 16.5. The van der Waals surface area contributed by atoms with Crippen molar-refractivity contribution in [1.82, 2.24) is 5.32 Å². The summed E-state index contributed by atoms with van der Waals surface area (Å²) in [6, 6.07) is 5.70. The van der Waals surface area contributed by atoms with Gasteiger partial charge in [-0.05, 0) is 39.8 Å². The van der Waals surface area contributed by atoms with Gasteiger partial charge in [0.1, 0.15) is 11.3 Å². The minimum Gasteiger partial charge on any atom is -0.489 e. The number of nitrogens with zero attached hydrogens (tertiary/aromatic N) is 1. The molecule has 0 radical (unpaired) electrons. The minimum absolute atomic E-state index is 0.0123. The average molecular weight is 277 g/mol. The Morgan fingerprint density at radius 3 is 2.75 bits per heavy atom. The molecule has 2 rings (SSSR count). The van der Waals surface area contributed by atoms with Gasteiger partial charge < -0.3 is 20.7 Å². The smallest absolute Gasteiger partial charge is 0.245 e. The number of nitrogens with one attached hydrogen (secondary N) is 1. The Morgan fingerprint density at radius 2 is 2.10 bits per heavy atom. The molecule has 1 aromatic rings. The summed E-state index contributed by atoms with van der Waals surface area (Å²) < 4.78 is 5.72. The van der Waals surface area contributed by atoms with Crippen LogP contribution in [0.5, 0.6) is 5.75 Å². The van der Waals surface area contributed by atoms with Gasteiger partial charge in [0.2, 0.25) is 5.91 Å². The van der Waals surface area contributed by atoms with E-state index < -0.39 is 5.54 Å². The van der Waals surface area contributed by atoms with Gasteiger partial charge in [0.15, 0.2) is 0 Å². The molecule has 0 unspecified atom stereocenters. The zero-order valence-corrected chi connectivity index (χ0v) is 12.6. The Kier molecular flexibility index (Phi) is 3.79. The number of carbonyl (C=O) groups is 1. The van der Waals surface area contributed by atoms with Gasteiger partial charge in [-0.15, -0.1) is 0 Å². The SMILES string of the molecule is CC(C)Oc1cccc(N2CCNC(=O)C2(C)C)c1N. The molecule has 110 valence electrons. The number of rotatable bonds is 3. The van der Waals surface area contributed by atoms with Crippen molar-refractivity contribution >= 4 is 17.3 Å². The van der Waals surface area contributed by atoms with Gasteiger partial charge in [-0.3, -0.25) is 4.79 Å². The van der Waals surface area contributed by atoms with Gasteiger partial charge in [-0.25, -0.2) is 0 Å². The number of para-hydroxylation sites is 1. The molecule has 5 heteroatoms. The van der Waals surface area contributed by atoms with E-state index in [4.69, 9.17) is 10.5 Å². The normalized spacial score (nSPS) is 18.1. The number of benzene rings is 1. The predicted molar refractivity (Wildman–Crippen MR) is 81.1 cm³/mol. The number of hydrogen-bond acceptors (Lipinski definition) is 4. The lowest BCUT2D eigenvalue weighted by Crippen LogP contribution is -2.62. The summed E-state index contributed by atoms with van der Waals surface area (Å²) in [5.41, 5.74) is 7.05. The second-order valence-electron chi connectivity index (χ2n) is 5.82. The maximum Gasteiger partial charge on any atom is 0.245 e. The van der Waals surface area contributed by atoms with E-state index in [1.54, 1.807) is 0 Å². The number of piperazine rings is 1. The molecule has 0 aromatic heterocycles. The van der Waals surface area contributed by atoms with Crippen LogP contribution in [-0.4, -0.2) is 30.6 Å². The van der Waals surface area contributed by atoms with Crippen molar-refractivity contribution in [1.29, 1.82) is 0 Å². The van der Waals surface area contributed by atoms with Crippen LogP contribution in [0.1, 0.15) is 27.7 Å². The first kappa shape index (κ1) is 14.5. The largest absolute Gasteiger partial charge is 0.489 e. The van der Waals surface area contributed by atoms with Crippen LogP contribution in [-0.2, 0) is 4.79 Å². The van der Waals surface area contributed by atoms with Gasteiger partial charge in [0.25, 0.3) is 0 Å². The second kappa shape index (κ2) is 5.23. The number of hydrogen-bond donors (Lipinski definition) is 2. The van der Waals surface area contributed by atoms with Crippen molar-refractivity contribution in [2.24, 2.45) is 0 Å². The highest BCUT2D eigenvalue weighted by Gasteiger charge is 2.38. The number of amides is 1. The molecule has 0 aliphatic carbocycles. The third-order valence-corrected chi connectivity index (χ3v) is 3.55. The summed E-state index contributed by atoms with van der Waals surface area (Å²) >= 11 is 0. The maximum atomic E-state index is 12.0. The number of anilines is 2. The Bertz CT molecular complexity index is 512. The average Bonchev–Trinajstić information content (AvgIpc) is 2.35. The highest BCUT2D eigenvalue weighted by Crippen LogP contribution is 2.36. The minimum atomic E-state index is -0.622. The monoisotopic (exact) mass is 277 g/mol. The zero-order chi connectivity index (χ0) is 14.9. The van der Waals surface area contributed by atoms with Crippen LogP contribution in [0.2, 0.25) is 0 Å². The fraction of sp³-hybridized carbons (Fsp3) is 0.533. The van der Waals surface area contributed by atoms with Crippen molar-refractivity contribution in [2.45, 2.75) is 39.3 Å². The second-order valence-corrected chi connectivity index (χ2v) is 5.82. The summed E-state index contributed by atoms with van der Waals surface area (Å²) in [5, 5.41) is 2.89. The summed E-state index contributed by atoms with van der Waals surface area (Å²) in [6.45, 7) is 9.08. The number of nitrogens with two attached hydrogens (primary N) is 1. The van der Waals surface area contributed by atoms with Gasteiger partial charge >= 0.3 is 0 Å². The van der Waals surface area contributed by atoms with Crippen molar-refractivity contribution in [3.05, 3.63) is 18.2 Å². The Morgan fingerprint density at radius 1 is 1.40 bits per heavy atom. The van der Waals surface area contributed by atoms with E-state index in [2.05, 4.69) is 5.32 Å². The molecule has 0 spiro atoms. The Hall–Kier alpha value is -1.91. The molecule has 1 saturated heterocycles. The number of carbonyl (C=O) groups excluding carboxylic acids is 1. The van der Waals surface area contributed by atoms with Crippen molar-refractivity contribution in [3.8, 4) is 5.75 Å². The molecule has 5 nitrogen and oxygen atoms in total. The summed E-state index contributed by atoms with van der Waals surface area (Å²) in [7, 11) is 0. The molecule has 0 bridgehead atoms. The first-order valence-electron chi connectivity index (χ1n) is 6.95. The van der Waals surface area contributed by atoms with Crippen LogP contribution in [0, 0.1) is 0 Å².